The number of hydrogen-bond acceptors (Lipinski definition) is 3. The quantitative estimate of drug-likeness (QED) is 0.658. The van der Waals surface area contributed by atoms with Gasteiger partial charge in [-0.25, -0.2) is 8.78 Å². The summed E-state index contributed by atoms with van der Waals surface area (Å²) in [6, 6.07) is 12.8. The molecule has 2 heterocycles. The lowest BCUT2D eigenvalue weighted by molar-refractivity contribution is -0.931. The average Bonchev–Trinajstić information content (AvgIpc) is 2.99. The molecule has 0 amide bonds. The minimum absolute atomic E-state index is 0.158. The number of aliphatic hydroxyl groups excluding tert-OH is 1. The lowest BCUT2D eigenvalue weighted by Crippen LogP contribution is -3.13. The van der Waals surface area contributed by atoms with Gasteiger partial charge in [-0.15, -0.1) is 5.10 Å². The van der Waals surface area contributed by atoms with Crippen LogP contribution in [0.25, 0.3) is 17.1 Å². The lowest BCUT2D eigenvalue weighted by Gasteiger charge is -2.26. The number of likely N-dealkylation sites (tertiary alicyclic amines) is 1. The van der Waals surface area contributed by atoms with Gasteiger partial charge in [-0.05, 0) is 37.2 Å². The van der Waals surface area contributed by atoms with E-state index in [1.165, 1.54) is 17.0 Å². The summed E-state index contributed by atoms with van der Waals surface area (Å²) in [4.78, 5) is 1.17. The van der Waals surface area contributed by atoms with Crippen molar-refractivity contribution in [1.82, 2.24) is 14.3 Å². The zero-order valence-electron chi connectivity index (χ0n) is 15.2. The Morgan fingerprint density at radius 3 is 2.68 bits per heavy atom. The van der Waals surface area contributed by atoms with Gasteiger partial charge in [0.1, 0.15) is 24.3 Å². The van der Waals surface area contributed by atoms with Crippen molar-refractivity contribution in [3.63, 3.8) is 0 Å². The van der Waals surface area contributed by atoms with Gasteiger partial charge in [-0.2, -0.15) is 4.68 Å². The molecule has 1 aliphatic heterocycles. The van der Waals surface area contributed by atoms with Crippen molar-refractivity contribution in [1.29, 1.82) is 0 Å². The molecule has 0 aliphatic carbocycles. The van der Waals surface area contributed by atoms with Crippen molar-refractivity contribution >= 4 is 12.2 Å². The molecule has 5 nitrogen and oxygen atoms in total. The molecule has 8 heteroatoms. The van der Waals surface area contributed by atoms with Crippen LogP contribution in [0.1, 0.15) is 12.8 Å². The first-order valence-corrected chi connectivity index (χ1v) is 9.66. The molecule has 1 saturated heterocycles. The maximum atomic E-state index is 14.5. The van der Waals surface area contributed by atoms with E-state index in [1.807, 2.05) is 30.3 Å². The number of halogens is 2. The van der Waals surface area contributed by atoms with Gasteiger partial charge in [0.2, 0.25) is 4.77 Å². The van der Waals surface area contributed by atoms with Crippen molar-refractivity contribution in [2.75, 3.05) is 13.1 Å². The summed E-state index contributed by atoms with van der Waals surface area (Å²) in [5.74, 6) is -0.852. The number of rotatable bonds is 4. The minimum atomic E-state index is -0.700. The van der Waals surface area contributed by atoms with Gasteiger partial charge in [0.15, 0.2) is 12.5 Å². The maximum absolute atomic E-state index is 14.5. The number of benzene rings is 2. The first-order valence-electron chi connectivity index (χ1n) is 9.25. The molecule has 2 atom stereocenters. The highest BCUT2D eigenvalue weighted by Crippen LogP contribution is 2.24. The molecular weight excluding hydrogens is 382 g/mol. The zero-order valence-corrected chi connectivity index (χ0v) is 16.0. The third-order valence-corrected chi connectivity index (χ3v) is 5.38. The third-order valence-electron chi connectivity index (χ3n) is 4.99. The molecule has 1 aromatic heterocycles. The predicted octanol–water partition coefficient (Wildman–Crippen LogP) is 2.35. The molecule has 0 saturated carbocycles. The highest BCUT2D eigenvalue weighted by atomic mass is 32.1. The fourth-order valence-corrected chi connectivity index (χ4v) is 3.94. The van der Waals surface area contributed by atoms with Crippen LogP contribution in [0.4, 0.5) is 8.78 Å². The fraction of sp³-hybridized carbons (Fsp3) is 0.300. The van der Waals surface area contributed by atoms with Gasteiger partial charge < -0.3 is 10.0 Å². The van der Waals surface area contributed by atoms with E-state index in [4.69, 9.17) is 12.2 Å². The second kappa shape index (κ2) is 7.90. The van der Waals surface area contributed by atoms with Gasteiger partial charge in [-0.1, -0.05) is 30.3 Å². The van der Waals surface area contributed by atoms with Gasteiger partial charge in [0.25, 0.3) is 0 Å². The predicted molar refractivity (Wildman–Crippen MR) is 104 cm³/mol. The van der Waals surface area contributed by atoms with E-state index in [2.05, 4.69) is 5.10 Å². The summed E-state index contributed by atoms with van der Waals surface area (Å²) in [6.45, 7) is 2.02. The van der Waals surface area contributed by atoms with Gasteiger partial charge in [0.05, 0.1) is 12.2 Å². The van der Waals surface area contributed by atoms with Crippen molar-refractivity contribution in [2.45, 2.75) is 25.6 Å². The molecule has 0 radical (unpaired) electrons. The Labute approximate surface area is 166 Å². The Hall–Kier alpha value is -2.42. The summed E-state index contributed by atoms with van der Waals surface area (Å²) in [5.41, 5.74) is 0.940. The molecule has 1 fully saturated rings. The van der Waals surface area contributed by atoms with Crippen molar-refractivity contribution < 1.29 is 18.8 Å². The van der Waals surface area contributed by atoms with E-state index in [9.17, 15) is 13.9 Å². The number of quaternary nitrogens is 1. The van der Waals surface area contributed by atoms with E-state index in [-0.39, 0.29) is 11.8 Å². The molecule has 4 rings (SSSR count). The Bertz CT molecular complexity index is 1030. The van der Waals surface area contributed by atoms with Crippen LogP contribution in [0.15, 0.2) is 48.5 Å². The van der Waals surface area contributed by atoms with Gasteiger partial charge in [-0.3, -0.25) is 4.57 Å². The molecule has 1 unspecified atom stereocenters. The van der Waals surface area contributed by atoms with Crippen LogP contribution in [-0.2, 0) is 6.67 Å². The minimum Gasteiger partial charge on any atom is -0.387 e. The summed E-state index contributed by atoms with van der Waals surface area (Å²) < 4.78 is 31.5. The molecule has 0 bridgehead atoms. The van der Waals surface area contributed by atoms with Crippen LogP contribution < -0.4 is 4.90 Å². The van der Waals surface area contributed by atoms with Crippen LogP contribution in [-0.4, -0.2) is 38.6 Å². The largest absolute Gasteiger partial charge is 0.387 e. The normalized spacial score (nSPS) is 19.7. The summed E-state index contributed by atoms with van der Waals surface area (Å²) in [5, 5.41) is 14.6. The number of aromatic nitrogens is 3. The number of piperidine rings is 1. The van der Waals surface area contributed by atoms with Crippen molar-refractivity contribution in [3.8, 4) is 17.1 Å². The Kier molecular flexibility index (Phi) is 5.34. The molecule has 146 valence electrons. The summed E-state index contributed by atoms with van der Waals surface area (Å²) >= 11 is 5.61. The molecule has 3 aromatic rings. The molecule has 2 aromatic carbocycles. The molecule has 28 heavy (non-hydrogen) atoms. The second-order valence-electron chi connectivity index (χ2n) is 7.06. The van der Waals surface area contributed by atoms with Crippen molar-refractivity contribution in [2.24, 2.45) is 0 Å². The lowest BCUT2D eigenvalue weighted by atomic mass is 10.1. The van der Waals surface area contributed by atoms with Crippen molar-refractivity contribution in [3.05, 3.63) is 64.9 Å². The molecule has 1 aliphatic rings. The van der Waals surface area contributed by atoms with Crippen LogP contribution in [0.5, 0.6) is 0 Å². The third kappa shape index (κ3) is 3.76. The molecule has 0 spiro atoms. The maximum Gasteiger partial charge on any atom is 0.207 e. The highest BCUT2D eigenvalue weighted by molar-refractivity contribution is 7.71. The number of hydrogen-bond donors (Lipinski definition) is 2. The first kappa shape index (κ1) is 18.9. The Morgan fingerprint density at radius 1 is 1.18 bits per heavy atom. The van der Waals surface area contributed by atoms with E-state index in [1.54, 1.807) is 9.25 Å². The second-order valence-corrected chi connectivity index (χ2v) is 7.43. The van der Waals surface area contributed by atoms with E-state index in [0.717, 1.165) is 31.0 Å². The Balaban J connectivity index is 1.81. The fourth-order valence-electron chi connectivity index (χ4n) is 3.65. The van der Waals surface area contributed by atoms with E-state index in [0.29, 0.717) is 23.8 Å². The van der Waals surface area contributed by atoms with Gasteiger partial charge in [0, 0.05) is 11.6 Å². The number of nitrogens with one attached hydrogen (secondary N) is 1. The Morgan fingerprint density at radius 2 is 1.96 bits per heavy atom. The van der Waals surface area contributed by atoms with Gasteiger partial charge >= 0.3 is 0 Å². The van der Waals surface area contributed by atoms with Crippen LogP contribution in [0.2, 0.25) is 0 Å². The molecule has 2 N–H and O–H groups in total. The van der Waals surface area contributed by atoms with E-state index >= 15 is 0 Å². The average molecular weight is 403 g/mol. The number of aliphatic hydroxyl groups is 1. The standard InChI is InChI=1S/C20H20F2N4OS/c21-15-8-9-18(17(22)11-15)26-19(14-5-2-1-3-6-14)23-25(20(26)28)13-24-10-4-7-16(27)12-24/h1-3,5-6,8-9,11,16,27H,4,7,10,12-13H2/p+1/t16-/m1/s1. The monoisotopic (exact) mass is 403 g/mol. The first-order chi connectivity index (χ1) is 13.5. The summed E-state index contributed by atoms with van der Waals surface area (Å²) in [7, 11) is 0. The molecular formula is C20H21F2N4OS+. The van der Waals surface area contributed by atoms with Crippen LogP contribution in [0.3, 0.4) is 0 Å². The summed E-state index contributed by atoms with van der Waals surface area (Å²) in [6.07, 6.45) is 1.41. The highest BCUT2D eigenvalue weighted by Gasteiger charge is 2.24. The SMILES string of the molecule is O[C@@H]1CCC[NH+](Cn2nc(-c3ccccc3)n(-c3ccc(F)cc3F)c2=S)C1. The van der Waals surface area contributed by atoms with Crippen LogP contribution in [0, 0.1) is 16.4 Å². The number of nitrogens with zero attached hydrogens (tertiary/aromatic N) is 3. The van der Waals surface area contributed by atoms with E-state index < -0.39 is 11.6 Å². The van der Waals surface area contributed by atoms with Crippen LogP contribution >= 0.6 is 12.2 Å². The smallest absolute Gasteiger partial charge is 0.207 e. The zero-order chi connectivity index (χ0) is 19.7. The topological polar surface area (TPSA) is 47.4 Å².